The molecule has 2 atom stereocenters. The van der Waals surface area contributed by atoms with Gasteiger partial charge < -0.3 is 10.6 Å². The first kappa shape index (κ1) is 15.0. The molecule has 1 rings (SSSR count). The van der Waals surface area contributed by atoms with Crippen LogP contribution in [0.25, 0.3) is 0 Å². The molecular formula is C14H26N2O2. The summed E-state index contributed by atoms with van der Waals surface area (Å²) in [5.41, 5.74) is 0. The lowest BCUT2D eigenvalue weighted by Crippen LogP contribution is -2.47. The normalized spacial score (nSPS) is 23.8. The molecule has 0 aliphatic heterocycles. The Morgan fingerprint density at radius 1 is 1.17 bits per heavy atom. The van der Waals surface area contributed by atoms with Crippen LogP contribution < -0.4 is 10.6 Å². The molecular weight excluding hydrogens is 228 g/mol. The standard InChI is InChI=1S/C14H26N2O2/c1-10(2)8-9-15-13(17)14(18)16-12-7-5-4-6-11(12)3/h10-12H,4-9H2,1-3H3,(H,15,17)(H,16,18)/t11-,12+/m1/s1. The second-order valence-corrected chi connectivity index (χ2v) is 5.78. The number of carbonyl (C=O) groups excluding carboxylic acids is 2. The van der Waals surface area contributed by atoms with E-state index >= 15 is 0 Å². The van der Waals surface area contributed by atoms with Crippen molar-refractivity contribution in [3.05, 3.63) is 0 Å². The SMILES string of the molecule is CC(C)CCNC(=O)C(=O)N[C@H]1CCCC[C@H]1C. The van der Waals surface area contributed by atoms with Crippen molar-refractivity contribution in [2.24, 2.45) is 11.8 Å². The summed E-state index contributed by atoms with van der Waals surface area (Å²) in [6.45, 7) is 6.90. The van der Waals surface area contributed by atoms with E-state index in [-0.39, 0.29) is 6.04 Å². The van der Waals surface area contributed by atoms with Crippen LogP contribution in [0.3, 0.4) is 0 Å². The molecule has 0 unspecified atom stereocenters. The van der Waals surface area contributed by atoms with Crippen LogP contribution in [-0.4, -0.2) is 24.4 Å². The van der Waals surface area contributed by atoms with Crippen LogP contribution in [0, 0.1) is 11.8 Å². The first-order valence-electron chi connectivity index (χ1n) is 7.09. The molecule has 1 saturated carbocycles. The second kappa shape index (κ2) is 7.39. The molecule has 0 radical (unpaired) electrons. The minimum atomic E-state index is -0.492. The highest BCUT2D eigenvalue weighted by Gasteiger charge is 2.25. The van der Waals surface area contributed by atoms with Crippen molar-refractivity contribution in [3.8, 4) is 0 Å². The van der Waals surface area contributed by atoms with Crippen molar-refractivity contribution in [3.63, 3.8) is 0 Å². The zero-order valence-corrected chi connectivity index (χ0v) is 11.8. The lowest BCUT2D eigenvalue weighted by atomic mass is 9.86. The Morgan fingerprint density at radius 2 is 1.83 bits per heavy atom. The summed E-state index contributed by atoms with van der Waals surface area (Å²) in [7, 11) is 0. The van der Waals surface area contributed by atoms with Crippen LogP contribution in [-0.2, 0) is 9.59 Å². The van der Waals surface area contributed by atoms with E-state index in [1.54, 1.807) is 0 Å². The molecule has 0 aromatic rings. The number of rotatable bonds is 4. The first-order chi connectivity index (χ1) is 8.50. The molecule has 0 spiro atoms. The van der Waals surface area contributed by atoms with Gasteiger partial charge in [0, 0.05) is 12.6 Å². The Balaban J connectivity index is 2.28. The Bertz CT molecular complexity index is 290. The molecule has 4 heteroatoms. The molecule has 18 heavy (non-hydrogen) atoms. The van der Waals surface area contributed by atoms with Crippen molar-refractivity contribution < 1.29 is 9.59 Å². The van der Waals surface area contributed by atoms with E-state index in [2.05, 4.69) is 31.4 Å². The van der Waals surface area contributed by atoms with Crippen LogP contribution in [0.4, 0.5) is 0 Å². The fourth-order valence-electron chi connectivity index (χ4n) is 2.32. The Morgan fingerprint density at radius 3 is 2.44 bits per heavy atom. The lowest BCUT2D eigenvalue weighted by molar-refractivity contribution is -0.140. The highest BCUT2D eigenvalue weighted by atomic mass is 16.2. The number of hydrogen-bond acceptors (Lipinski definition) is 2. The maximum absolute atomic E-state index is 11.7. The number of carbonyl (C=O) groups is 2. The lowest BCUT2D eigenvalue weighted by Gasteiger charge is -2.29. The maximum Gasteiger partial charge on any atom is 0.309 e. The van der Waals surface area contributed by atoms with Crippen molar-refractivity contribution in [1.29, 1.82) is 0 Å². The third-order valence-corrected chi connectivity index (χ3v) is 3.64. The minimum Gasteiger partial charge on any atom is -0.348 e. The van der Waals surface area contributed by atoms with Crippen molar-refractivity contribution in [2.75, 3.05) is 6.54 Å². The van der Waals surface area contributed by atoms with Gasteiger partial charge in [0.25, 0.3) is 0 Å². The highest BCUT2D eigenvalue weighted by Crippen LogP contribution is 2.23. The van der Waals surface area contributed by atoms with E-state index in [1.807, 2.05) is 0 Å². The Kier molecular flexibility index (Phi) is 6.16. The summed E-state index contributed by atoms with van der Waals surface area (Å²) in [6, 6.07) is 0.169. The summed E-state index contributed by atoms with van der Waals surface area (Å²) < 4.78 is 0. The van der Waals surface area contributed by atoms with Gasteiger partial charge in [-0.25, -0.2) is 0 Å². The molecule has 2 N–H and O–H groups in total. The maximum atomic E-state index is 11.7. The molecule has 0 heterocycles. The van der Waals surface area contributed by atoms with Gasteiger partial charge in [0.15, 0.2) is 0 Å². The van der Waals surface area contributed by atoms with Crippen LogP contribution in [0.5, 0.6) is 0 Å². The van der Waals surface area contributed by atoms with E-state index in [0.717, 1.165) is 25.7 Å². The predicted molar refractivity (Wildman–Crippen MR) is 72.0 cm³/mol. The van der Waals surface area contributed by atoms with E-state index < -0.39 is 11.8 Å². The summed E-state index contributed by atoms with van der Waals surface area (Å²) >= 11 is 0. The van der Waals surface area contributed by atoms with Crippen molar-refractivity contribution >= 4 is 11.8 Å². The molecule has 2 amide bonds. The molecule has 0 saturated heterocycles. The fraction of sp³-hybridized carbons (Fsp3) is 0.857. The van der Waals surface area contributed by atoms with Crippen LogP contribution in [0.1, 0.15) is 52.9 Å². The molecule has 1 aliphatic rings. The predicted octanol–water partition coefficient (Wildman–Crippen LogP) is 1.84. The van der Waals surface area contributed by atoms with Gasteiger partial charge in [-0.15, -0.1) is 0 Å². The summed E-state index contributed by atoms with van der Waals surface area (Å²) in [6.07, 6.45) is 5.41. The van der Waals surface area contributed by atoms with E-state index in [0.29, 0.717) is 18.4 Å². The van der Waals surface area contributed by atoms with Gasteiger partial charge in [0.05, 0.1) is 0 Å². The molecule has 1 fully saturated rings. The zero-order chi connectivity index (χ0) is 13.5. The fourth-order valence-corrected chi connectivity index (χ4v) is 2.32. The van der Waals surface area contributed by atoms with Crippen LogP contribution in [0.2, 0.25) is 0 Å². The Hall–Kier alpha value is -1.06. The topological polar surface area (TPSA) is 58.2 Å². The van der Waals surface area contributed by atoms with Crippen LogP contribution >= 0.6 is 0 Å². The average Bonchev–Trinajstić information content (AvgIpc) is 2.31. The van der Waals surface area contributed by atoms with Gasteiger partial charge in [-0.05, 0) is 31.1 Å². The minimum absolute atomic E-state index is 0.169. The van der Waals surface area contributed by atoms with Gasteiger partial charge in [-0.2, -0.15) is 0 Å². The first-order valence-corrected chi connectivity index (χ1v) is 7.09. The summed E-state index contributed by atoms with van der Waals surface area (Å²) in [5, 5.41) is 5.52. The van der Waals surface area contributed by atoms with Crippen molar-refractivity contribution in [2.45, 2.75) is 58.9 Å². The van der Waals surface area contributed by atoms with E-state index in [9.17, 15) is 9.59 Å². The number of amides is 2. The van der Waals surface area contributed by atoms with Gasteiger partial charge >= 0.3 is 11.8 Å². The molecule has 104 valence electrons. The summed E-state index contributed by atoms with van der Waals surface area (Å²) in [4.78, 5) is 23.3. The zero-order valence-electron chi connectivity index (χ0n) is 11.8. The highest BCUT2D eigenvalue weighted by molar-refractivity contribution is 6.35. The van der Waals surface area contributed by atoms with Crippen LogP contribution in [0.15, 0.2) is 0 Å². The van der Waals surface area contributed by atoms with Gasteiger partial charge in [0.2, 0.25) is 0 Å². The van der Waals surface area contributed by atoms with Gasteiger partial charge in [0.1, 0.15) is 0 Å². The molecule has 0 aromatic carbocycles. The van der Waals surface area contributed by atoms with E-state index in [4.69, 9.17) is 0 Å². The van der Waals surface area contributed by atoms with Gasteiger partial charge in [-0.3, -0.25) is 9.59 Å². The monoisotopic (exact) mass is 254 g/mol. The number of hydrogen-bond donors (Lipinski definition) is 2. The third kappa shape index (κ3) is 5.07. The molecule has 0 aromatic heterocycles. The average molecular weight is 254 g/mol. The quantitative estimate of drug-likeness (QED) is 0.752. The summed E-state index contributed by atoms with van der Waals surface area (Å²) in [5.74, 6) is 0.0452. The molecule has 0 bridgehead atoms. The smallest absolute Gasteiger partial charge is 0.309 e. The molecule has 1 aliphatic carbocycles. The van der Waals surface area contributed by atoms with E-state index in [1.165, 1.54) is 6.42 Å². The van der Waals surface area contributed by atoms with Crippen molar-refractivity contribution in [1.82, 2.24) is 10.6 Å². The third-order valence-electron chi connectivity index (χ3n) is 3.64. The molecule has 4 nitrogen and oxygen atoms in total. The second-order valence-electron chi connectivity index (χ2n) is 5.78. The number of nitrogens with one attached hydrogen (secondary N) is 2. The largest absolute Gasteiger partial charge is 0.348 e. The Labute approximate surface area is 110 Å². The van der Waals surface area contributed by atoms with Gasteiger partial charge in [-0.1, -0.05) is 33.6 Å².